The summed E-state index contributed by atoms with van der Waals surface area (Å²) in [5, 5.41) is 10.6. The van der Waals surface area contributed by atoms with Crippen LogP contribution in [0.25, 0.3) is 0 Å². The van der Waals surface area contributed by atoms with Gasteiger partial charge in [0.1, 0.15) is 19.3 Å². The van der Waals surface area contributed by atoms with Crippen molar-refractivity contribution < 1.29 is 80.2 Å². The van der Waals surface area contributed by atoms with Crippen LogP contribution in [0.3, 0.4) is 0 Å². The molecule has 0 bridgehead atoms. The molecule has 0 heterocycles. The van der Waals surface area contributed by atoms with Gasteiger partial charge in [0, 0.05) is 25.7 Å². The summed E-state index contributed by atoms with van der Waals surface area (Å²) in [5.74, 6) is -1.35. The van der Waals surface area contributed by atoms with E-state index in [1.807, 2.05) is 0 Å². The second kappa shape index (κ2) is 61.6. The molecule has 0 fully saturated rings. The van der Waals surface area contributed by atoms with E-state index in [0.29, 0.717) is 25.7 Å². The monoisotopic (exact) mass is 1280 g/mol. The minimum absolute atomic E-state index is 0.106. The smallest absolute Gasteiger partial charge is 0.462 e. The number of esters is 4. The minimum atomic E-state index is -4.95. The van der Waals surface area contributed by atoms with E-state index in [4.69, 9.17) is 37.0 Å². The number of unbranched alkanes of at least 4 members (excludes halogenated alkanes) is 39. The summed E-state index contributed by atoms with van der Waals surface area (Å²) in [7, 11) is -9.89. The molecule has 0 aliphatic heterocycles. The summed E-state index contributed by atoms with van der Waals surface area (Å²) in [6.45, 7) is 7.20. The van der Waals surface area contributed by atoms with Gasteiger partial charge in [-0.05, 0) is 31.6 Å². The molecule has 0 aromatic rings. The molecule has 0 rings (SSSR count). The number of rotatable bonds is 68. The van der Waals surface area contributed by atoms with Crippen LogP contribution in [0.5, 0.6) is 0 Å². The number of aliphatic hydroxyl groups excluding tert-OH is 1. The lowest BCUT2D eigenvalue weighted by atomic mass is 9.99. The van der Waals surface area contributed by atoms with Crippen LogP contribution in [0, 0.1) is 5.92 Å². The maximum Gasteiger partial charge on any atom is 0.472 e. The zero-order valence-electron chi connectivity index (χ0n) is 56.2. The maximum atomic E-state index is 13.0. The van der Waals surface area contributed by atoms with Crippen LogP contribution >= 0.6 is 15.6 Å². The predicted octanol–water partition coefficient (Wildman–Crippen LogP) is 19.4. The number of carbonyl (C=O) groups excluding carboxylic acids is 4. The Kier molecular flexibility index (Phi) is 60.2. The van der Waals surface area contributed by atoms with E-state index in [1.54, 1.807) is 0 Å². The van der Waals surface area contributed by atoms with Gasteiger partial charge in [0.15, 0.2) is 12.2 Å². The van der Waals surface area contributed by atoms with Crippen LogP contribution in [0.2, 0.25) is 0 Å². The first-order valence-electron chi connectivity index (χ1n) is 35.7. The number of ether oxygens (including phenoxy) is 4. The maximum absolute atomic E-state index is 13.0. The molecule has 0 saturated carbocycles. The lowest BCUT2D eigenvalue weighted by Crippen LogP contribution is -2.30. The molecule has 0 aliphatic rings. The zero-order valence-corrected chi connectivity index (χ0v) is 57.9. The average Bonchev–Trinajstić information content (AvgIpc) is 3.70. The van der Waals surface area contributed by atoms with Gasteiger partial charge in [-0.2, -0.15) is 0 Å². The fraction of sp³-hybridized carbons (Fsp3) is 0.941. The Morgan fingerprint density at radius 3 is 0.816 bits per heavy atom. The van der Waals surface area contributed by atoms with Crippen molar-refractivity contribution in [2.75, 3.05) is 39.6 Å². The summed E-state index contributed by atoms with van der Waals surface area (Å²) in [4.78, 5) is 72.3. The highest BCUT2D eigenvalue weighted by atomic mass is 31.2. The molecule has 3 unspecified atom stereocenters. The summed E-state index contributed by atoms with van der Waals surface area (Å²) in [5.41, 5.74) is 0. The van der Waals surface area contributed by atoms with Crippen LogP contribution < -0.4 is 0 Å². The highest BCUT2D eigenvalue weighted by Crippen LogP contribution is 2.45. The fourth-order valence-corrected chi connectivity index (χ4v) is 11.8. The summed E-state index contributed by atoms with van der Waals surface area (Å²) in [6, 6.07) is 0. The summed E-state index contributed by atoms with van der Waals surface area (Å²) >= 11 is 0. The zero-order chi connectivity index (χ0) is 64.2. The van der Waals surface area contributed by atoms with E-state index in [-0.39, 0.29) is 25.7 Å². The molecular weight excluding hydrogens is 1150 g/mol. The van der Waals surface area contributed by atoms with E-state index in [9.17, 15) is 43.2 Å². The second-order valence-electron chi connectivity index (χ2n) is 24.8. The highest BCUT2D eigenvalue weighted by Gasteiger charge is 2.30. The quantitative estimate of drug-likeness (QED) is 0.0222. The van der Waals surface area contributed by atoms with E-state index >= 15 is 0 Å². The van der Waals surface area contributed by atoms with Crippen molar-refractivity contribution in [3.63, 3.8) is 0 Å². The largest absolute Gasteiger partial charge is 0.472 e. The van der Waals surface area contributed by atoms with Gasteiger partial charge in [0.05, 0.1) is 26.4 Å². The second-order valence-corrected chi connectivity index (χ2v) is 27.7. The number of hydrogen-bond donors (Lipinski definition) is 3. The van der Waals surface area contributed by atoms with Crippen LogP contribution in [0.15, 0.2) is 0 Å². The first-order chi connectivity index (χ1) is 42.1. The van der Waals surface area contributed by atoms with E-state index < -0.39 is 97.5 Å². The predicted molar refractivity (Wildman–Crippen MR) is 349 cm³/mol. The van der Waals surface area contributed by atoms with Crippen molar-refractivity contribution in [1.82, 2.24) is 0 Å². The highest BCUT2D eigenvalue weighted by molar-refractivity contribution is 7.47. The van der Waals surface area contributed by atoms with E-state index in [2.05, 4.69) is 34.6 Å². The Morgan fingerprint density at radius 2 is 0.552 bits per heavy atom. The topological polar surface area (TPSA) is 237 Å². The molecule has 87 heavy (non-hydrogen) atoms. The third kappa shape index (κ3) is 61.3. The summed E-state index contributed by atoms with van der Waals surface area (Å²) < 4.78 is 68.1. The van der Waals surface area contributed by atoms with E-state index in [1.165, 1.54) is 173 Å². The molecule has 6 atom stereocenters. The number of aliphatic hydroxyl groups is 1. The molecule has 17 nitrogen and oxygen atoms in total. The van der Waals surface area contributed by atoms with Crippen LogP contribution in [0.4, 0.5) is 0 Å². The average molecular weight is 1280 g/mol. The lowest BCUT2D eigenvalue weighted by Gasteiger charge is -2.21. The molecule has 0 saturated heterocycles. The third-order valence-corrected chi connectivity index (χ3v) is 18.0. The van der Waals surface area contributed by atoms with Crippen molar-refractivity contribution >= 4 is 39.5 Å². The van der Waals surface area contributed by atoms with Gasteiger partial charge in [0.2, 0.25) is 0 Å². The van der Waals surface area contributed by atoms with Gasteiger partial charge in [0.25, 0.3) is 0 Å². The molecule has 0 aliphatic carbocycles. The fourth-order valence-electron chi connectivity index (χ4n) is 10.3. The first-order valence-corrected chi connectivity index (χ1v) is 38.7. The number of carbonyl (C=O) groups is 4. The molecule has 0 aromatic carbocycles. The van der Waals surface area contributed by atoms with Crippen LogP contribution in [-0.2, 0) is 65.4 Å². The molecule has 0 aromatic heterocycles. The normalized spacial score (nSPS) is 14.4. The van der Waals surface area contributed by atoms with Crippen molar-refractivity contribution in [3.8, 4) is 0 Å². The van der Waals surface area contributed by atoms with Gasteiger partial charge < -0.3 is 33.8 Å². The SMILES string of the molecule is CCCCCCCCCCCCCCCCCCCC(=O)O[C@H](COC(=O)CCCCCCCCCCC(C)CC)COP(=O)(O)OC[C@@H](O)COP(=O)(O)OC[C@@H](COC(=O)CCCCCCCCCCC)OC(=O)CCCCCCCCCCC. The van der Waals surface area contributed by atoms with Crippen molar-refractivity contribution in [1.29, 1.82) is 0 Å². The summed E-state index contributed by atoms with van der Waals surface area (Å²) in [6.07, 6.45) is 47.1. The van der Waals surface area contributed by atoms with Gasteiger partial charge in [-0.15, -0.1) is 0 Å². The number of phosphoric ester groups is 2. The molecular formula is C68H132O17P2. The number of phosphoric acid groups is 2. The van der Waals surface area contributed by atoms with Gasteiger partial charge in [-0.25, -0.2) is 9.13 Å². The Balaban J connectivity index is 5.21. The van der Waals surface area contributed by atoms with Gasteiger partial charge in [-0.1, -0.05) is 298 Å². The van der Waals surface area contributed by atoms with Crippen molar-refractivity contribution in [2.24, 2.45) is 5.92 Å². The molecule has 19 heteroatoms. The minimum Gasteiger partial charge on any atom is -0.462 e. The van der Waals surface area contributed by atoms with Crippen LogP contribution in [0.1, 0.15) is 349 Å². The third-order valence-electron chi connectivity index (χ3n) is 16.1. The molecule has 3 N–H and O–H groups in total. The first kappa shape index (κ1) is 85.1. The lowest BCUT2D eigenvalue weighted by molar-refractivity contribution is -0.161. The van der Waals surface area contributed by atoms with Gasteiger partial charge in [-0.3, -0.25) is 37.3 Å². The molecule has 0 spiro atoms. The Labute approximate surface area is 530 Å². The Bertz CT molecular complexity index is 1690. The van der Waals surface area contributed by atoms with E-state index in [0.717, 1.165) is 95.8 Å². The Hall–Kier alpha value is -1.94. The molecule has 0 amide bonds. The molecule has 0 radical (unpaired) electrons. The van der Waals surface area contributed by atoms with Crippen LogP contribution in [-0.4, -0.2) is 96.7 Å². The van der Waals surface area contributed by atoms with Gasteiger partial charge >= 0.3 is 39.5 Å². The molecule has 516 valence electrons. The van der Waals surface area contributed by atoms with Crippen molar-refractivity contribution in [3.05, 3.63) is 0 Å². The van der Waals surface area contributed by atoms with Crippen molar-refractivity contribution in [2.45, 2.75) is 368 Å². The standard InChI is InChI=1S/C68H132O17P2/c1-6-10-13-16-19-22-23-24-25-26-27-28-29-32-39-44-49-54-68(73)85-64(58-79-66(71)52-47-42-37-34-33-35-40-45-50-61(5)9-4)60-83-87(76,77)81-56-62(69)55-80-86(74,75)82-59-63(84-67(72)53-48-43-38-31-21-18-15-12-8-3)57-78-65(70)51-46-41-36-30-20-17-14-11-7-2/h61-64,69H,6-60H2,1-5H3,(H,74,75)(H,76,77)/t61?,62-,63+,64+/m0/s1. The number of hydrogen-bond acceptors (Lipinski definition) is 15. The Morgan fingerprint density at radius 1 is 0.322 bits per heavy atom.